The van der Waals surface area contributed by atoms with Crippen LogP contribution in [0.25, 0.3) is 0 Å². The van der Waals surface area contributed by atoms with Gasteiger partial charge in [-0.25, -0.2) is 14.2 Å². The molecule has 0 bridgehead atoms. The zero-order valence-corrected chi connectivity index (χ0v) is 19.0. The second-order valence-electron chi connectivity index (χ2n) is 8.54. The molecule has 2 aromatic rings. The molecule has 0 saturated carbocycles. The molecule has 7 nitrogen and oxygen atoms in total. The van der Waals surface area contributed by atoms with Crippen LogP contribution in [0, 0.1) is 23.5 Å². The van der Waals surface area contributed by atoms with E-state index in [-0.39, 0.29) is 29.5 Å². The van der Waals surface area contributed by atoms with Gasteiger partial charge in [0.25, 0.3) is 11.8 Å². The maximum atomic E-state index is 14.2. The van der Waals surface area contributed by atoms with Gasteiger partial charge < -0.3 is 19.7 Å². The maximum absolute atomic E-state index is 14.2. The van der Waals surface area contributed by atoms with Gasteiger partial charge in [-0.3, -0.25) is 4.79 Å². The number of benzene rings is 1. The lowest BCUT2D eigenvalue weighted by molar-refractivity contribution is 0.0870. The smallest absolute Gasteiger partial charge is 0.415 e. The van der Waals surface area contributed by atoms with Crippen LogP contribution < -0.4 is 14.8 Å². The van der Waals surface area contributed by atoms with Crippen molar-refractivity contribution in [2.45, 2.75) is 39.2 Å². The standard InChI is InChI=1S/C24H29F2N3O4/c1-15(2)14-19(28-22(30)17-4-6-18(25)7-5-17)16-9-12-29(13-10-16)24(31)33-20-8-11-27-23(32-3)21(20)26/h4-8,11,15-16,19H,9-10,12-14H2,1-3H3,(H,28,30). The van der Waals surface area contributed by atoms with Gasteiger partial charge in [0.05, 0.1) is 7.11 Å². The van der Waals surface area contributed by atoms with Crippen LogP contribution >= 0.6 is 0 Å². The molecular weight excluding hydrogens is 432 g/mol. The Kier molecular flexibility index (Phi) is 8.19. The molecule has 1 aliphatic heterocycles. The van der Waals surface area contributed by atoms with Gasteiger partial charge in [0.15, 0.2) is 5.75 Å². The van der Waals surface area contributed by atoms with Crippen molar-refractivity contribution in [3.8, 4) is 11.6 Å². The summed E-state index contributed by atoms with van der Waals surface area (Å²) in [6.45, 7) is 5.02. The fourth-order valence-corrected chi connectivity index (χ4v) is 4.00. The Morgan fingerprint density at radius 2 is 1.82 bits per heavy atom. The summed E-state index contributed by atoms with van der Waals surface area (Å²) in [5.74, 6) is -1.43. The second-order valence-corrected chi connectivity index (χ2v) is 8.54. The third kappa shape index (κ3) is 6.40. The molecule has 1 saturated heterocycles. The van der Waals surface area contributed by atoms with Gasteiger partial charge in [0.2, 0.25) is 5.82 Å². The minimum Gasteiger partial charge on any atom is -0.479 e. The minimum absolute atomic E-state index is 0.0809. The van der Waals surface area contributed by atoms with Gasteiger partial charge in [-0.1, -0.05) is 13.8 Å². The maximum Gasteiger partial charge on any atom is 0.415 e. The fraction of sp³-hybridized carbons (Fsp3) is 0.458. The van der Waals surface area contributed by atoms with Crippen molar-refractivity contribution in [3.05, 3.63) is 53.7 Å². The predicted octanol–water partition coefficient (Wildman–Crippen LogP) is 4.42. The third-order valence-electron chi connectivity index (χ3n) is 5.73. The summed E-state index contributed by atoms with van der Waals surface area (Å²) in [6.07, 6.45) is 2.77. The first-order valence-corrected chi connectivity index (χ1v) is 11.0. The van der Waals surface area contributed by atoms with E-state index in [1.807, 2.05) is 0 Å². The van der Waals surface area contributed by atoms with Crippen molar-refractivity contribution in [3.63, 3.8) is 0 Å². The predicted molar refractivity (Wildman–Crippen MR) is 118 cm³/mol. The van der Waals surface area contributed by atoms with Gasteiger partial charge in [0.1, 0.15) is 5.82 Å². The van der Waals surface area contributed by atoms with Crippen molar-refractivity contribution in [2.75, 3.05) is 20.2 Å². The number of pyridine rings is 1. The molecule has 1 aromatic carbocycles. The zero-order valence-electron chi connectivity index (χ0n) is 19.0. The number of likely N-dealkylation sites (tertiary alicyclic amines) is 1. The van der Waals surface area contributed by atoms with E-state index in [1.165, 1.54) is 48.5 Å². The number of methoxy groups -OCH3 is 1. The van der Waals surface area contributed by atoms with Crippen LogP contribution in [0.15, 0.2) is 36.5 Å². The lowest BCUT2D eigenvalue weighted by Gasteiger charge is -2.36. The van der Waals surface area contributed by atoms with E-state index in [0.29, 0.717) is 37.4 Å². The van der Waals surface area contributed by atoms with Crippen molar-refractivity contribution in [2.24, 2.45) is 11.8 Å². The highest BCUT2D eigenvalue weighted by atomic mass is 19.1. The van der Waals surface area contributed by atoms with Gasteiger partial charge in [-0.05, 0) is 55.4 Å². The first-order valence-electron chi connectivity index (χ1n) is 11.0. The number of nitrogens with one attached hydrogen (secondary N) is 1. The number of hydrogen-bond acceptors (Lipinski definition) is 5. The number of carbonyl (C=O) groups is 2. The molecular formula is C24H29F2N3O4. The van der Waals surface area contributed by atoms with Gasteiger partial charge in [-0.2, -0.15) is 4.39 Å². The summed E-state index contributed by atoms with van der Waals surface area (Å²) < 4.78 is 37.4. The number of ether oxygens (including phenoxy) is 2. The average Bonchev–Trinajstić information content (AvgIpc) is 2.80. The SMILES string of the molecule is COc1nccc(OC(=O)N2CCC(C(CC(C)C)NC(=O)c3ccc(F)cc3)CC2)c1F. The molecule has 1 fully saturated rings. The van der Waals surface area contributed by atoms with E-state index < -0.39 is 17.7 Å². The number of nitrogens with zero attached hydrogens (tertiary/aromatic N) is 2. The molecule has 1 N–H and O–H groups in total. The third-order valence-corrected chi connectivity index (χ3v) is 5.73. The number of piperidine rings is 1. The molecule has 0 radical (unpaired) electrons. The molecule has 1 unspecified atom stereocenters. The molecule has 178 valence electrons. The van der Waals surface area contributed by atoms with Crippen LogP contribution in [0.1, 0.15) is 43.5 Å². The Bertz CT molecular complexity index is 961. The zero-order chi connectivity index (χ0) is 24.0. The monoisotopic (exact) mass is 461 g/mol. The molecule has 1 aromatic heterocycles. The highest BCUT2D eigenvalue weighted by molar-refractivity contribution is 5.94. The van der Waals surface area contributed by atoms with E-state index in [4.69, 9.17) is 9.47 Å². The van der Waals surface area contributed by atoms with E-state index in [9.17, 15) is 18.4 Å². The Morgan fingerprint density at radius 1 is 1.15 bits per heavy atom. The summed E-state index contributed by atoms with van der Waals surface area (Å²) in [7, 11) is 1.28. The Balaban J connectivity index is 1.59. The summed E-state index contributed by atoms with van der Waals surface area (Å²) in [6, 6.07) is 6.63. The molecule has 2 amide bonds. The van der Waals surface area contributed by atoms with Crippen LogP contribution in [0.3, 0.4) is 0 Å². The summed E-state index contributed by atoms with van der Waals surface area (Å²) >= 11 is 0. The fourth-order valence-electron chi connectivity index (χ4n) is 4.00. The molecule has 1 atom stereocenters. The molecule has 2 heterocycles. The quantitative estimate of drug-likeness (QED) is 0.660. The van der Waals surface area contributed by atoms with Crippen LogP contribution in [-0.4, -0.2) is 48.1 Å². The van der Waals surface area contributed by atoms with E-state index in [2.05, 4.69) is 24.1 Å². The summed E-state index contributed by atoms with van der Waals surface area (Å²) in [4.78, 5) is 30.5. The van der Waals surface area contributed by atoms with Crippen LogP contribution in [0.4, 0.5) is 13.6 Å². The van der Waals surface area contributed by atoms with Crippen molar-refractivity contribution in [1.29, 1.82) is 0 Å². The van der Waals surface area contributed by atoms with Gasteiger partial charge in [-0.15, -0.1) is 0 Å². The molecule has 0 aliphatic carbocycles. The van der Waals surface area contributed by atoms with E-state index >= 15 is 0 Å². The Hall–Kier alpha value is -3.23. The van der Waals surface area contributed by atoms with Crippen molar-refractivity contribution < 1.29 is 27.8 Å². The number of carbonyl (C=O) groups excluding carboxylic acids is 2. The van der Waals surface area contributed by atoms with Crippen LogP contribution in [0.2, 0.25) is 0 Å². The topological polar surface area (TPSA) is 80.8 Å². The van der Waals surface area contributed by atoms with Gasteiger partial charge in [0, 0.05) is 37.0 Å². The van der Waals surface area contributed by atoms with E-state index in [1.54, 1.807) is 0 Å². The number of aromatic nitrogens is 1. The van der Waals surface area contributed by atoms with E-state index in [0.717, 1.165) is 6.42 Å². The molecule has 9 heteroatoms. The minimum atomic E-state index is -0.830. The molecule has 0 spiro atoms. The molecule has 3 rings (SSSR count). The first kappa shape index (κ1) is 24.4. The first-order chi connectivity index (χ1) is 15.8. The lowest BCUT2D eigenvalue weighted by atomic mass is 9.85. The second kappa shape index (κ2) is 11.1. The van der Waals surface area contributed by atoms with Crippen LogP contribution in [0.5, 0.6) is 11.6 Å². The summed E-state index contributed by atoms with van der Waals surface area (Å²) in [5.41, 5.74) is 0.404. The molecule has 1 aliphatic rings. The Labute approximate surface area is 192 Å². The number of halogens is 2. The lowest BCUT2D eigenvalue weighted by Crippen LogP contribution is -2.47. The van der Waals surface area contributed by atoms with Gasteiger partial charge >= 0.3 is 6.09 Å². The number of rotatable bonds is 7. The molecule has 33 heavy (non-hydrogen) atoms. The van der Waals surface area contributed by atoms with Crippen molar-refractivity contribution in [1.82, 2.24) is 15.2 Å². The number of amides is 2. The highest BCUT2D eigenvalue weighted by Gasteiger charge is 2.31. The Morgan fingerprint density at radius 3 is 2.42 bits per heavy atom. The van der Waals surface area contributed by atoms with Crippen molar-refractivity contribution >= 4 is 12.0 Å². The number of hydrogen-bond donors (Lipinski definition) is 1. The highest BCUT2D eigenvalue weighted by Crippen LogP contribution is 2.27. The largest absolute Gasteiger partial charge is 0.479 e. The average molecular weight is 462 g/mol. The normalized spacial score (nSPS) is 15.3. The summed E-state index contributed by atoms with van der Waals surface area (Å²) in [5, 5.41) is 3.09. The van der Waals surface area contributed by atoms with Crippen LogP contribution in [-0.2, 0) is 0 Å².